The van der Waals surface area contributed by atoms with Crippen molar-refractivity contribution < 1.29 is 22.4 Å². The summed E-state index contributed by atoms with van der Waals surface area (Å²) in [6.07, 6.45) is -3.44. The number of alkyl halides is 3. The molecule has 0 N–H and O–H groups in total. The summed E-state index contributed by atoms with van der Waals surface area (Å²) < 4.78 is 52.1. The molecule has 2 rings (SSSR count). The van der Waals surface area contributed by atoms with Gasteiger partial charge in [-0.3, -0.25) is 9.78 Å². The van der Waals surface area contributed by atoms with Gasteiger partial charge in [-0.2, -0.15) is 13.2 Å². The molecule has 0 aliphatic heterocycles. The summed E-state index contributed by atoms with van der Waals surface area (Å²) in [7, 11) is 0. The van der Waals surface area contributed by atoms with E-state index >= 15 is 0 Å². The summed E-state index contributed by atoms with van der Waals surface area (Å²) in [5, 5.41) is -1.02. The molecule has 1 heterocycles. The van der Waals surface area contributed by atoms with E-state index in [1.807, 2.05) is 0 Å². The Bertz CT molecular complexity index is 673. The number of rotatable bonds is 2. The predicted octanol–water partition coefficient (Wildman–Crippen LogP) is 4.71. The van der Waals surface area contributed by atoms with Crippen LogP contribution in [-0.2, 0) is 6.18 Å². The van der Waals surface area contributed by atoms with Crippen LogP contribution in [0.25, 0.3) is 11.3 Å². The third-order valence-electron chi connectivity index (χ3n) is 2.57. The van der Waals surface area contributed by atoms with Gasteiger partial charge in [-0.15, -0.1) is 12.4 Å². The van der Waals surface area contributed by atoms with E-state index in [0.29, 0.717) is 0 Å². The fraction of sp³-hybridized carbons (Fsp3) is 0.0769. The highest BCUT2D eigenvalue weighted by molar-refractivity contribution is 6.67. The summed E-state index contributed by atoms with van der Waals surface area (Å²) in [5.41, 5.74) is -1.88. The Hall–Kier alpha value is -1.66. The number of benzene rings is 1. The minimum atomic E-state index is -4.61. The summed E-state index contributed by atoms with van der Waals surface area (Å²) in [4.78, 5) is 14.5. The van der Waals surface area contributed by atoms with Gasteiger partial charge in [0, 0.05) is 11.8 Å². The van der Waals surface area contributed by atoms with Gasteiger partial charge in [0.15, 0.2) is 0 Å². The minimum Gasteiger partial charge on any atom is -0.275 e. The maximum atomic E-state index is 13.6. The molecule has 2 aromatic rings. The molecule has 0 amide bonds. The van der Waals surface area contributed by atoms with E-state index in [0.717, 1.165) is 30.3 Å². The van der Waals surface area contributed by atoms with Gasteiger partial charge in [-0.25, -0.2) is 4.39 Å². The van der Waals surface area contributed by atoms with Gasteiger partial charge in [-0.05, 0) is 35.9 Å². The first kappa shape index (κ1) is 17.4. The van der Waals surface area contributed by atoms with Crippen molar-refractivity contribution in [1.29, 1.82) is 0 Å². The fourth-order valence-electron chi connectivity index (χ4n) is 1.69. The second-order valence-electron chi connectivity index (χ2n) is 3.87. The normalized spacial score (nSPS) is 10.9. The number of hydrogen-bond donors (Lipinski definition) is 0. The Labute approximate surface area is 128 Å². The standard InChI is InChI=1S/C13H6ClF4NO.ClH/c14-12(20)8-4-3-7(6-10(8)15)11-9(13(16,17)18)2-1-5-19-11;/h1-6H;1H. The number of aromatic nitrogens is 1. The fourth-order valence-corrected chi connectivity index (χ4v) is 1.84. The van der Waals surface area contributed by atoms with Crippen molar-refractivity contribution in [3.63, 3.8) is 0 Å². The first-order chi connectivity index (χ1) is 9.30. The first-order valence-corrected chi connectivity index (χ1v) is 5.70. The van der Waals surface area contributed by atoms with Crippen LogP contribution in [0.15, 0.2) is 36.5 Å². The van der Waals surface area contributed by atoms with Crippen LogP contribution in [0.2, 0.25) is 0 Å². The van der Waals surface area contributed by atoms with E-state index < -0.39 is 34.1 Å². The zero-order chi connectivity index (χ0) is 14.9. The lowest BCUT2D eigenvalue weighted by atomic mass is 10.0. The van der Waals surface area contributed by atoms with Crippen molar-refractivity contribution in [3.8, 4) is 11.3 Å². The SMILES string of the molecule is Cl.O=C(Cl)c1ccc(-c2ncccc2C(F)(F)F)cc1F. The van der Waals surface area contributed by atoms with E-state index in [-0.39, 0.29) is 18.0 Å². The second kappa shape index (κ2) is 6.41. The van der Waals surface area contributed by atoms with Gasteiger partial charge in [0.05, 0.1) is 16.8 Å². The predicted molar refractivity (Wildman–Crippen MR) is 72.1 cm³/mol. The van der Waals surface area contributed by atoms with Crippen molar-refractivity contribution >= 4 is 29.3 Å². The zero-order valence-corrected chi connectivity index (χ0v) is 11.7. The van der Waals surface area contributed by atoms with Gasteiger partial charge in [0.2, 0.25) is 0 Å². The summed E-state index contributed by atoms with van der Waals surface area (Å²) >= 11 is 5.14. The highest BCUT2D eigenvalue weighted by Gasteiger charge is 2.34. The lowest BCUT2D eigenvalue weighted by Crippen LogP contribution is -2.08. The number of hydrogen-bond acceptors (Lipinski definition) is 2. The average molecular weight is 340 g/mol. The molecule has 1 aromatic heterocycles. The number of halogens is 6. The summed E-state index contributed by atoms with van der Waals surface area (Å²) in [6.45, 7) is 0. The minimum absolute atomic E-state index is 0. The lowest BCUT2D eigenvalue weighted by molar-refractivity contribution is -0.137. The van der Waals surface area contributed by atoms with Crippen molar-refractivity contribution in [3.05, 3.63) is 53.5 Å². The molecule has 0 spiro atoms. The second-order valence-corrected chi connectivity index (χ2v) is 4.21. The quantitative estimate of drug-likeness (QED) is 0.586. The van der Waals surface area contributed by atoms with Crippen LogP contribution >= 0.6 is 24.0 Å². The highest BCUT2D eigenvalue weighted by atomic mass is 35.5. The Kier molecular flexibility index (Phi) is 5.31. The van der Waals surface area contributed by atoms with Crippen LogP contribution in [0.1, 0.15) is 15.9 Å². The van der Waals surface area contributed by atoms with Crippen LogP contribution in [0.3, 0.4) is 0 Å². The van der Waals surface area contributed by atoms with E-state index in [1.54, 1.807) is 0 Å². The molecule has 21 heavy (non-hydrogen) atoms. The Morgan fingerprint density at radius 2 is 1.86 bits per heavy atom. The number of carbonyl (C=O) groups is 1. The maximum Gasteiger partial charge on any atom is 0.418 e. The largest absolute Gasteiger partial charge is 0.418 e. The molecule has 1 aromatic carbocycles. The smallest absolute Gasteiger partial charge is 0.275 e. The highest BCUT2D eigenvalue weighted by Crippen LogP contribution is 2.36. The van der Waals surface area contributed by atoms with Crippen molar-refractivity contribution in [2.45, 2.75) is 6.18 Å². The molecule has 0 bridgehead atoms. The molecule has 0 atom stereocenters. The van der Waals surface area contributed by atoms with Gasteiger partial charge in [0.1, 0.15) is 5.82 Å². The molecular weight excluding hydrogens is 333 g/mol. The van der Waals surface area contributed by atoms with Gasteiger partial charge >= 0.3 is 6.18 Å². The Balaban J connectivity index is 0.00000220. The number of nitrogens with zero attached hydrogens (tertiary/aromatic N) is 1. The van der Waals surface area contributed by atoms with Crippen LogP contribution in [0.5, 0.6) is 0 Å². The van der Waals surface area contributed by atoms with Crippen LogP contribution < -0.4 is 0 Å². The average Bonchev–Trinajstić information content (AvgIpc) is 2.37. The van der Waals surface area contributed by atoms with E-state index in [1.165, 1.54) is 6.20 Å². The number of carbonyl (C=O) groups excluding carboxylic acids is 1. The van der Waals surface area contributed by atoms with E-state index in [2.05, 4.69) is 4.98 Å². The summed E-state index contributed by atoms with van der Waals surface area (Å²) in [6, 6.07) is 4.97. The summed E-state index contributed by atoms with van der Waals surface area (Å²) in [5.74, 6) is -0.999. The zero-order valence-electron chi connectivity index (χ0n) is 10.1. The first-order valence-electron chi connectivity index (χ1n) is 5.32. The van der Waals surface area contributed by atoms with Crippen LogP contribution in [0, 0.1) is 5.82 Å². The molecular formula is C13H7Cl2F4NO. The molecule has 8 heteroatoms. The van der Waals surface area contributed by atoms with Gasteiger partial charge < -0.3 is 0 Å². The van der Waals surface area contributed by atoms with E-state index in [9.17, 15) is 22.4 Å². The maximum absolute atomic E-state index is 13.6. The van der Waals surface area contributed by atoms with Gasteiger partial charge in [0.25, 0.3) is 5.24 Å². The van der Waals surface area contributed by atoms with Crippen molar-refractivity contribution in [2.24, 2.45) is 0 Å². The van der Waals surface area contributed by atoms with Crippen molar-refractivity contribution in [2.75, 3.05) is 0 Å². The molecule has 0 saturated carbocycles. The number of pyridine rings is 1. The molecule has 0 aliphatic carbocycles. The Morgan fingerprint density at radius 3 is 2.38 bits per heavy atom. The lowest BCUT2D eigenvalue weighted by Gasteiger charge is -2.12. The molecule has 2 nitrogen and oxygen atoms in total. The Morgan fingerprint density at radius 1 is 1.19 bits per heavy atom. The molecule has 0 unspecified atom stereocenters. The van der Waals surface area contributed by atoms with Crippen LogP contribution in [-0.4, -0.2) is 10.2 Å². The van der Waals surface area contributed by atoms with Gasteiger partial charge in [-0.1, -0.05) is 6.07 Å². The van der Waals surface area contributed by atoms with E-state index in [4.69, 9.17) is 11.6 Å². The van der Waals surface area contributed by atoms with Crippen LogP contribution in [0.4, 0.5) is 17.6 Å². The molecule has 0 radical (unpaired) electrons. The topological polar surface area (TPSA) is 30.0 Å². The van der Waals surface area contributed by atoms with Crippen molar-refractivity contribution in [1.82, 2.24) is 4.98 Å². The third-order valence-corrected chi connectivity index (χ3v) is 2.77. The molecule has 0 saturated heterocycles. The molecule has 112 valence electrons. The monoisotopic (exact) mass is 339 g/mol. The third kappa shape index (κ3) is 3.71. The molecule has 0 fully saturated rings. The molecule has 0 aliphatic rings.